The first-order valence-electron chi connectivity index (χ1n) is 6.24. The largest absolute Gasteiger partial charge is 0.493 e. The molecule has 1 heterocycles. The molecular weight excluding hydrogens is 240 g/mol. The molecule has 0 spiro atoms. The van der Waals surface area contributed by atoms with E-state index in [-0.39, 0.29) is 0 Å². The molecule has 2 aromatic rings. The molecule has 2 N–H and O–H groups in total. The van der Waals surface area contributed by atoms with Crippen molar-refractivity contribution in [2.75, 3.05) is 12.8 Å². The summed E-state index contributed by atoms with van der Waals surface area (Å²) < 4.78 is 11.1. The standard InChI is InChI=1S/C15H18N2O2/c1-3-11-7-8-13(14(9-11)18-2)19-10-12-5-4-6-15(16)17-12/h4-9H,3,10H2,1-2H3,(H2,16,17). The van der Waals surface area contributed by atoms with Gasteiger partial charge in [0.15, 0.2) is 11.5 Å². The van der Waals surface area contributed by atoms with E-state index in [9.17, 15) is 0 Å². The fourth-order valence-corrected chi connectivity index (χ4v) is 1.78. The summed E-state index contributed by atoms with van der Waals surface area (Å²) in [7, 11) is 1.64. The van der Waals surface area contributed by atoms with Gasteiger partial charge in [-0.05, 0) is 36.2 Å². The maximum atomic E-state index is 5.73. The highest BCUT2D eigenvalue weighted by Crippen LogP contribution is 2.28. The van der Waals surface area contributed by atoms with Gasteiger partial charge in [0.05, 0.1) is 12.8 Å². The summed E-state index contributed by atoms with van der Waals surface area (Å²) in [6.07, 6.45) is 0.966. The van der Waals surface area contributed by atoms with E-state index in [1.165, 1.54) is 5.56 Å². The van der Waals surface area contributed by atoms with Crippen molar-refractivity contribution in [2.45, 2.75) is 20.0 Å². The van der Waals surface area contributed by atoms with E-state index in [4.69, 9.17) is 15.2 Å². The Kier molecular flexibility index (Phi) is 4.23. The third kappa shape index (κ3) is 3.37. The second-order valence-electron chi connectivity index (χ2n) is 4.18. The van der Waals surface area contributed by atoms with Crippen molar-refractivity contribution in [1.29, 1.82) is 0 Å². The molecule has 0 aliphatic carbocycles. The highest BCUT2D eigenvalue weighted by molar-refractivity contribution is 5.43. The lowest BCUT2D eigenvalue weighted by atomic mass is 10.1. The first kappa shape index (κ1) is 13.2. The Hall–Kier alpha value is -2.23. The van der Waals surface area contributed by atoms with Gasteiger partial charge in [-0.2, -0.15) is 0 Å². The molecule has 1 aromatic heterocycles. The maximum absolute atomic E-state index is 5.73. The first-order chi connectivity index (χ1) is 9.22. The number of rotatable bonds is 5. The molecular formula is C15H18N2O2. The lowest BCUT2D eigenvalue weighted by Gasteiger charge is -2.11. The summed E-state index contributed by atoms with van der Waals surface area (Å²) in [5.74, 6) is 1.95. The second-order valence-corrected chi connectivity index (χ2v) is 4.18. The number of nitrogens with two attached hydrogens (primary N) is 1. The normalized spacial score (nSPS) is 10.2. The fourth-order valence-electron chi connectivity index (χ4n) is 1.78. The van der Waals surface area contributed by atoms with E-state index in [1.807, 2.05) is 30.3 Å². The molecule has 100 valence electrons. The number of aromatic nitrogens is 1. The number of nitrogens with zero attached hydrogens (tertiary/aromatic N) is 1. The van der Waals surface area contributed by atoms with Crippen LogP contribution in [-0.4, -0.2) is 12.1 Å². The van der Waals surface area contributed by atoms with Crippen LogP contribution in [0.2, 0.25) is 0 Å². The number of methoxy groups -OCH3 is 1. The smallest absolute Gasteiger partial charge is 0.161 e. The molecule has 0 bridgehead atoms. The molecule has 19 heavy (non-hydrogen) atoms. The van der Waals surface area contributed by atoms with E-state index in [0.717, 1.165) is 17.9 Å². The average molecular weight is 258 g/mol. The monoisotopic (exact) mass is 258 g/mol. The van der Waals surface area contributed by atoms with Crippen molar-refractivity contribution in [3.8, 4) is 11.5 Å². The summed E-state index contributed by atoms with van der Waals surface area (Å²) in [4.78, 5) is 4.19. The van der Waals surface area contributed by atoms with Crippen LogP contribution in [0.4, 0.5) is 5.82 Å². The summed E-state index contributed by atoms with van der Waals surface area (Å²) in [5, 5.41) is 0. The topological polar surface area (TPSA) is 57.4 Å². The SMILES string of the molecule is CCc1ccc(OCc2cccc(N)n2)c(OC)c1. The average Bonchev–Trinajstić information content (AvgIpc) is 2.45. The predicted octanol–water partition coefficient (Wildman–Crippen LogP) is 2.81. The van der Waals surface area contributed by atoms with Crippen molar-refractivity contribution < 1.29 is 9.47 Å². The first-order valence-corrected chi connectivity index (χ1v) is 6.24. The predicted molar refractivity (Wildman–Crippen MR) is 75.4 cm³/mol. The zero-order valence-corrected chi connectivity index (χ0v) is 11.2. The molecule has 0 unspecified atom stereocenters. The fraction of sp³-hybridized carbons (Fsp3) is 0.267. The minimum Gasteiger partial charge on any atom is -0.493 e. The van der Waals surface area contributed by atoms with Gasteiger partial charge in [0.2, 0.25) is 0 Å². The molecule has 2 rings (SSSR count). The Labute approximate surface area is 113 Å². The van der Waals surface area contributed by atoms with Crippen molar-refractivity contribution >= 4 is 5.82 Å². The van der Waals surface area contributed by atoms with Gasteiger partial charge in [0.25, 0.3) is 0 Å². The number of anilines is 1. The zero-order valence-electron chi connectivity index (χ0n) is 11.2. The minimum absolute atomic E-state index is 0.368. The quantitative estimate of drug-likeness (QED) is 0.896. The van der Waals surface area contributed by atoms with Gasteiger partial charge in [0, 0.05) is 0 Å². The Morgan fingerprint density at radius 2 is 2.00 bits per heavy atom. The highest BCUT2D eigenvalue weighted by atomic mass is 16.5. The van der Waals surface area contributed by atoms with Crippen LogP contribution < -0.4 is 15.2 Å². The van der Waals surface area contributed by atoms with Crippen LogP contribution in [-0.2, 0) is 13.0 Å². The summed E-state index contributed by atoms with van der Waals surface area (Å²) >= 11 is 0. The van der Waals surface area contributed by atoms with Crippen LogP contribution in [0.15, 0.2) is 36.4 Å². The van der Waals surface area contributed by atoms with Crippen LogP contribution in [0.25, 0.3) is 0 Å². The van der Waals surface area contributed by atoms with Crippen LogP contribution in [0.5, 0.6) is 11.5 Å². The Balaban J connectivity index is 2.11. The molecule has 4 heteroatoms. The molecule has 0 aliphatic rings. The minimum atomic E-state index is 0.368. The van der Waals surface area contributed by atoms with Gasteiger partial charge < -0.3 is 15.2 Å². The molecule has 0 saturated carbocycles. The summed E-state index contributed by atoms with van der Waals surface area (Å²) in [6.45, 7) is 2.47. The summed E-state index contributed by atoms with van der Waals surface area (Å²) in [6, 6.07) is 11.4. The molecule has 0 atom stereocenters. The maximum Gasteiger partial charge on any atom is 0.161 e. The highest BCUT2D eigenvalue weighted by Gasteiger charge is 2.06. The number of hydrogen-bond donors (Lipinski definition) is 1. The molecule has 4 nitrogen and oxygen atoms in total. The zero-order chi connectivity index (χ0) is 13.7. The van der Waals surface area contributed by atoms with E-state index in [1.54, 1.807) is 13.2 Å². The number of aryl methyl sites for hydroxylation is 1. The molecule has 0 fully saturated rings. The van der Waals surface area contributed by atoms with Gasteiger partial charge in [-0.15, -0.1) is 0 Å². The van der Waals surface area contributed by atoms with Crippen LogP contribution in [0.3, 0.4) is 0 Å². The van der Waals surface area contributed by atoms with Crippen LogP contribution in [0.1, 0.15) is 18.2 Å². The number of hydrogen-bond acceptors (Lipinski definition) is 4. The van der Waals surface area contributed by atoms with Gasteiger partial charge in [-0.1, -0.05) is 19.1 Å². The van der Waals surface area contributed by atoms with Crippen molar-refractivity contribution in [2.24, 2.45) is 0 Å². The lowest BCUT2D eigenvalue weighted by Crippen LogP contribution is -2.01. The van der Waals surface area contributed by atoms with Gasteiger partial charge >= 0.3 is 0 Å². The third-order valence-corrected chi connectivity index (χ3v) is 2.84. The molecule has 1 aromatic carbocycles. The third-order valence-electron chi connectivity index (χ3n) is 2.84. The van der Waals surface area contributed by atoms with Crippen molar-refractivity contribution in [3.63, 3.8) is 0 Å². The van der Waals surface area contributed by atoms with E-state index in [0.29, 0.717) is 18.2 Å². The number of benzene rings is 1. The van der Waals surface area contributed by atoms with Crippen molar-refractivity contribution in [1.82, 2.24) is 4.98 Å². The van der Waals surface area contributed by atoms with Crippen molar-refractivity contribution in [3.05, 3.63) is 47.7 Å². The van der Waals surface area contributed by atoms with Gasteiger partial charge in [-0.3, -0.25) is 0 Å². The van der Waals surface area contributed by atoms with Gasteiger partial charge in [0.1, 0.15) is 12.4 Å². The Morgan fingerprint density at radius 3 is 2.68 bits per heavy atom. The number of pyridine rings is 1. The molecule has 0 aliphatic heterocycles. The van der Waals surface area contributed by atoms with Crippen LogP contribution >= 0.6 is 0 Å². The number of ether oxygens (including phenoxy) is 2. The Bertz CT molecular complexity index is 556. The molecule has 0 radical (unpaired) electrons. The molecule has 0 amide bonds. The van der Waals surface area contributed by atoms with E-state index >= 15 is 0 Å². The number of nitrogen functional groups attached to an aromatic ring is 1. The summed E-state index contributed by atoms with van der Waals surface area (Å²) in [5.41, 5.74) is 7.64. The lowest BCUT2D eigenvalue weighted by molar-refractivity contribution is 0.280. The molecule has 0 saturated heterocycles. The van der Waals surface area contributed by atoms with E-state index < -0.39 is 0 Å². The Morgan fingerprint density at radius 1 is 1.16 bits per heavy atom. The van der Waals surface area contributed by atoms with E-state index in [2.05, 4.69) is 11.9 Å². The van der Waals surface area contributed by atoms with Crippen LogP contribution in [0, 0.1) is 0 Å². The van der Waals surface area contributed by atoms with Gasteiger partial charge in [-0.25, -0.2) is 4.98 Å². The second kappa shape index (κ2) is 6.09.